The van der Waals surface area contributed by atoms with Crippen LogP contribution in [-0.4, -0.2) is 50.3 Å². The van der Waals surface area contributed by atoms with E-state index in [-0.39, 0.29) is 0 Å². The zero-order valence-corrected chi connectivity index (χ0v) is 12.4. The highest BCUT2D eigenvalue weighted by Crippen LogP contribution is 2.36. The lowest BCUT2D eigenvalue weighted by Gasteiger charge is -2.46. The molecule has 3 aliphatic rings. The van der Waals surface area contributed by atoms with Crippen molar-refractivity contribution in [3.8, 4) is 0 Å². The van der Waals surface area contributed by atoms with E-state index in [1.165, 1.54) is 58.0 Å². The number of nitrogens with zero attached hydrogens (tertiary/aromatic N) is 1. The third-order valence-corrected chi connectivity index (χ3v) is 5.67. The Hall–Kier alpha value is -0.120. The van der Waals surface area contributed by atoms with Crippen LogP contribution in [0.2, 0.25) is 0 Å². The third kappa shape index (κ3) is 3.14. The van der Waals surface area contributed by atoms with Crippen LogP contribution in [0.1, 0.15) is 44.9 Å². The summed E-state index contributed by atoms with van der Waals surface area (Å²) in [5, 5.41) is 3.51. The minimum absolute atomic E-state index is 0.665. The Morgan fingerprint density at radius 1 is 1.11 bits per heavy atom. The Labute approximate surface area is 118 Å². The number of likely N-dealkylation sites (tertiary alicyclic amines) is 1. The average Bonchev–Trinajstić information content (AvgIpc) is 2.48. The summed E-state index contributed by atoms with van der Waals surface area (Å²) in [4.78, 5) is 2.82. The number of piperidine rings is 1. The van der Waals surface area contributed by atoms with E-state index >= 15 is 0 Å². The molecule has 3 nitrogen and oxygen atoms in total. The summed E-state index contributed by atoms with van der Waals surface area (Å²) in [5.41, 5.74) is 0. The van der Waals surface area contributed by atoms with Crippen LogP contribution in [0.15, 0.2) is 0 Å². The molecule has 110 valence electrons. The Morgan fingerprint density at radius 2 is 1.95 bits per heavy atom. The first-order valence-electron chi connectivity index (χ1n) is 8.37. The first-order chi connectivity index (χ1) is 9.38. The molecular weight excluding hydrogens is 236 g/mol. The Bertz CT molecular complexity index is 282. The quantitative estimate of drug-likeness (QED) is 0.848. The molecule has 4 atom stereocenters. The van der Waals surface area contributed by atoms with Crippen LogP contribution in [0, 0.1) is 11.8 Å². The van der Waals surface area contributed by atoms with Crippen molar-refractivity contribution in [3.63, 3.8) is 0 Å². The highest BCUT2D eigenvalue weighted by molar-refractivity contribution is 4.90. The number of rotatable bonds is 3. The number of nitrogens with one attached hydrogen (secondary N) is 1. The Kier molecular flexibility index (Phi) is 4.78. The van der Waals surface area contributed by atoms with Gasteiger partial charge in [-0.3, -0.25) is 4.90 Å². The van der Waals surface area contributed by atoms with Crippen LogP contribution in [0.3, 0.4) is 0 Å². The Balaban J connectivity index is 1.60. The molecule has 1 aliphatic carbocycles. The van der Waals surface area contributed by atoms with E-state index in [9.17, 15) is 0 Å². The van der Waals surface area contributed by atoms with Crippen molar-refractivity contribution in [3.05, 3.63) is 0 Å². The van der Waals surface area contributed by atoms with Crippen molar-refractivity contribution in [2.24, 2.45) is 11.8 Å². The molecule has 0 aromatic heterocycles. The molecule has 0 aromatic rings. The second-order valence-electron chi connectivity index (χ2n) is 6.77. The second kappa shape index (κ2) is 6.55. The summed E-state index contributed by atoms with van der Waals surface area (Å²) in [6, 6.07) is 1.56. The average molecular weight is 266 g/mol. The van der Waals surface area contributed by atoms with Crippen LogP contribution >= 0.6 is 0 Å². The lowest BCUT2D eigenvalue weighted by molar-refractivity contribution is -0.0106. The second-order valence-corrected chi connectivity index (χ2v) is 6.77. The minimum Gasteiger partial charge on any atom is -0.381 e. The predicted molar refractivity (Wildman–Crippen MR) is 78.3 cm³/mol. The molecule has 0 amide bonds. The molecule has 0 aromatic carbocycles. The highest BCUT2D eigenvalue weighted by Gasteiger charge is 2.35. The van der Waals surface area contributed by atoms with E-state index in [1.54, 1.807) is 0 Å². The van der Waals surface area contributed by atoms with Crippen LogP contribution < -0.4 is 5.32 Å². The van der Waals surface area contributed by atoms with Gasteiger partial charge in [0.1, 0.15) is 0 Å². The van der Waals surface area contributed by atoms with E-state index in [0.717, 1.165) is 25.2 Å². The normalized spacial score (nSPS) is 40.9. The molecule has 2 heterocycles. The van der Waals surface area contributed by atoms with Crippen molar-refractivity contribution >= 4 is 0 Å². The maximum Gasteiger partial charge on any atom is 0.0521 e. The topological polar surface area (TPSA) is 24.5 Å². The summed E-state index contributed by atoms with van der Waals surface area (Å²) in [7, 11) is 2.11. The van der Waals surface area contributed by atoms with E-state index in [1.807, 2.05) is 0 Å². The monoisotopic (exact) mass is 266 g/mol. The molecule has 3 rings (SSSR count). The number of ether oxygens (including phenoxy) is 1. The van der Waals surface area contributed by atoms with Gasteiger partial charge in [-0.25, -0.2) is 0 Å². The van der Waals surface area contributed by atoms with Gasteiger partial charge in [0, 0.05) is 31.2 Å². The lowest BCUT2D eigenvalue weighted by Crippen LogP contribution is -2.53. The Morgan fingerprint density at radius 3 is 2.84 bits per heavy atom. The van der Waals surface area contributed by atoms with Crippen LogP contribution in [0.25, 0.3) is 0 Å². The molecule has 1 saturated carbocycles. The van der Waals surface area contributed by atoms with E-state index < -0.39 is 0 Å². The molecule has 4 unspecified atom stereocenters. The first kappa shape index (κ1) is 13.8. The van der Waals surface area contributed by atoms with E-state index in [4.69, 9.17) is 4.74 Å². The van der Waals surface area contributed by atoms with Crippen molar-refractivity contribution < 1.29 is 4.74 Å². The van der Waals surface area contributed by atoms with E-state index in [0.29, 0.717) is 12.0 Å². The molecule has 1 N–H and O–H groups in total. The standard InChI is InChI=1S/C16H30N2O/c1-17-15-8-10-19-12-14(15)11-18-9-4-6-13-5-2-3-7-16(13)18/h13-17H,2-12H2,1H3. The largest absolute Gasteiger partial charge is 0.381 e. The van der Waals surface area contributed by atoms with Crippen molar-refractivity contribution in [2.45, 2.75) is 57.0 Å². The fraction of sp³-hybridized carbons (Fsp3) is 1.00. The van der Waals surface area contributed by atoms with Gasteiger partial charge in [-0.15, -0.1) is 0 Å². The molecule has 19 heavy (non-hydrogen) atoms. The first-order valence-corrected chi connectivity index (χ1v) is 8.37. The summed E-state index contributed by atoms with van der Waals surface area (Å²) < 4.78 is 5.73. The summed E-state index contributed by atoms with van der Waals surface area (Å²) >= 11 is 0. The van der Waals surface area contributed by atoms with E-state index in [2.05, 4.69) is 17.3 Å². The molecule has 0 radical (unpaired) electrons. The van der Waals surface area contributed by atoms with Crippen LogP contribution in [-0.2, 0) is 4.74 Å². The fourth-order valence-electron chi connectivity index (χ4n) is 4.61. The van der Waals surface area contributed by atoms with Gasteiger partial charge < -0.3 is 10.1 Å². The van der Waals surface area contributed by atoms with Crippen LogP contribution in [0.4, 0.5) is 0 Å². The molecule has 3 heteroatoms. The SMILES string of the molecule is CNC1CCOCC1CN1CCCC2CCCCC21. The molecule has 2 aliphatic heterocycles. The van der Waals surface area contributed by atoms with Crippen molar-refractivity contribution in [1.82, 2.24) is 10.2 Å². The highest BCUT2D eigenvalue weighted by atomic mass is 16.5. The van der Waals surface area contributed by atoms with Gasteiger partial charge in [-0.05, 0) is 51.6 Å². The number of hydrogen-bond donors (Lipinski definition) is 1. The van der Waals surface area contributed by atoms with Crippen molar-refractivity contribution in [1.29, 1.82) is 0 Å². The smallest absolute Gasteiger partial charge is 0.0521 e. The molecule has 0 bridgehead atoms. The lowest BCUT2D eigenvalue weighted by atomic mass is 9.78. The van der Waals surface area contributed by atoms with Gasteiger partial charge in [-0.1, -0.05) is 12.8 Å². The third-order valence-electron chi connectivity index (χ3n) is 5.67. The summed E-state index contributed by atoms with van der Waals surface area (Å²) in [6.45, 7) is 4.48. The van der Waals surface area contributed by atoms with Gasteiger partial charge in [0.15, 0.2) is 0 Å². The molecule has 0 spiro atoms. The van der Waals surface area contributed by atoms with Crippen LogP contribution in [0.5, 0.6) is 0 Å². The molecular formula is C16H30N2O. The minimum atomic E-state index is 0.665. The summed E-state index contributed by atoms with van der Waals surface area (Å²) in [6.07, 6.45) is 9.94. The van der Waals surface area contributed by atoms with Gasteiger partial charge in [-0.2, -0.15) is 0 Å². The number of hydrogen-bond acceptors (Lipinski definition) is 3. The van der Waals surface area contributed by atoms with Gasteiger partial charge in [0.2, 0.25) is 0 Å². The predicted octanol–water partition coefficient (Wildman–Crippen LogP) is 2.27. The zero-order chi connectivity index (χ0) is 13.1. The van der Waals surface area contributed by atoms with Crippen molar-refractivity contribution in [2.75, 3.05) is 33.4 Å². The van der Waals surface area contributed by atoms with Gasteiger partial charge in [0.05, 0.1) is 6.61 Å². The molecule has 3 fully saturated rings. The van der Waals surface area contributed by atoms with Gasteiger partial charge >= 0.3 is 0 Å². The maximum absolute atomic E-state index is 5.73. The molecule has 2 saturated heterocycles. The summed E-state index contributed by atoms with van der Waals surface area (Å²) in [5.74, 6) is 1.69. The van der Waals surface area contributed by atoms with Gasteiger partial charge in [0.25, 0.3) is 0 Å². The number of fused-ring (bicyclic) bond motifs is 1. The fourth-order valence-corrected chi connectivity index (χ4v) is 4.61. The zero-order valence-electron chi connectivity index (χ0n) is 12.4. The maximum atomic E-state index is 5.73.